The van der Waals surface area contributed by atoms with Crippen LogP contribution in [0.3, 0.4) is 0 Å². The molecule has 0 spiro atoms. The van der Waals surface area contributed by atoms with E-state index in [-0.39, 0.29) is 11.9 Å². The van der Waals surface area contributed by atoms with Gasteiger partial charge in [-0.3, -0.25) is 4.79 Å². The van der Waals surface area contributed by atoms with Crippen molar-refractivity contribution in [1.29, 1.82) is 0 Å². The van der Waals surface area contributed by atoms with Gasteiger partial charge in [-0.1, -0.05) is 11.6 Å². The topological polar surface area (TPSA) is 72.8 Å². The lowest BCUT2D eigenvalue weighted by molar-refractivity contribution is 0.0473. The predicted octanol–water partition coefficient (Wildman–Crippen LogP) is 4.27. The number of methoxy groups -OCH3 is 1. The van der Waals surface area contributed by atoms with E-state index in [2.05, 4.69) is 5.32 Å². The molecule has 1 aliphatic rings. The zero-order valence-corrected chi connectivity index (χ0v) is 18.5. The molecule has 8 heteroatoms. The van der Waals surface area contributed by atoms with Crippen LogP contribution in [0.4, 0.5) is 4.79 Å². The number of nitrogens with zero attached hydrogens (tertiary/aromatic N) is 2. The minimum absolute atomic E-state index is 0.0227. The summed E-state index contributed by atoms with van der Waals surface area (Å²) in [5.74, 6) is 0.339. The highest BCUT2D eigenvalue weighted by Gasteiger charge is 2.28. The van der Waals surface area contributed by atoms with Crippen molar-refractivity contribution in [2.45, 2.75) is 45.3 Å². The van der Waals surface area contributed by atoms with Crippen molar-refractivity contribution in [3.05, 3.63) is 47.2 Å². The molecule has 1 aromatic heterocycles. The quantitative estimate of drug-likeness (QED) is 0.781. The van der Waals surface area contributed by atoms with Gasteiger partial charge in [0.05, 0.1) is 23.4 Å². The lowest BCUT2D eigenvalue weighted by Gasteiger charge is -2.33. The van der Waals surface area contributed by atoms with Gasteiger partial charge in [-0.15, -0.1) is 0 Å². The van der Waals surface area contributed by atoms with Crippen molar-refractivity contribution in [1.82, 2.24) is 14.8 Å². The average molecular weight is 434 g/mol. The van der Waals surface area contributed by atoms with Crippen LogP contribution in [0.2, 0.25) is 5.02 Å². The van der Waals surface area contributed by atoms with Crippen LogP contribution in [0, 0.1) is 0 Å². The van der Waals surface area contributed by atoms with Gasteiger partial charge in [-0.2, -0.15) is 0 Å². The lowest BCUT2D eigenvalue weighted by Crippen LogP contribution is -2.47. The van der Waals surface area contributed by atoms with Crippen LogP contribution in [0.15, 0.2) is 36.7 Å². The number of aromatic nitrogens is 1. The minimum Gasteiger partial charge on any atom is -0.496 e. The Kier molecular flexibility index (Phi) is 6.61. The predicted molar refractivity (Wildman–Crippen MR) is 116 cm³/mol. The van der Waals surface area contributed by atoms with Crippen LogP contribution >= 0.6 is 11.6 Å². The van der Waals surface area contributed by atoms with Gasteiger partial charge in [0.1, 0.15) is 11.4 Å². The van der Waals surface area contributed by atoms with Crippen LogP contribution in [0.5, 0.6) is 5.75 Å². The molecule has 0 unspecified atom stereocenters. The Balaban J connectivity index is 1.66. The van der Waals surface area contributed by atoms with Crippen molar-refractivity contribution >= 4 is 23.6 Å². The number of rotatable bonds is 4. The van der Waals surface area contributed by atoms with Crippen molar-refractivity contribution in [2.24, 2.45) is 0 Å². The Morgan fingerprint density at radius 2 is 1.77 bits per heavy atom. The standard InChI is InChI=1S/C22H28ClN3O4/c1-22(2,3)30-21(28)24-15-7-11-26(12-8-15)20(27)16-13-17(23)18(14-19(16)29-4)25-9-5-6-10-25/h5-6,9-10,13-15H,7-8,11-12H2,1-4H3,(H,24,28). The summed E-state index contributed by atoms with van der Waals surface area (Å²) in [6.45, 7) is 6.54. The number of hydrogen-bond acceptors (Lipinski definition) is 4. The van der Waals surface area contributed by atoms with Crippen molar-refractivity contribution in [3.8, 4) is 11.4 Å². The molecular weight excluding hydrogens is 406 g/mol. The molecular formula is C22H28ClN3O4. The van der Waals surface area contributed by atoms with Gasteiger partial charge >= 0.3 is 6.09 Å². The number of benzene rings is 1. The summed E-state index contributed by atoms with van der Waals surface area (Å²) in [4.78, 5) is 26.8. The number of nitrogens with one attached hydrogen (secondary N) is 1. The fourth-order valence-corrected chi connectivity index (χ4v) is 3.70. The molecule has 30 heavy (non-hydrogen) atoms. The van der Waals surface area contributed by atoms with E-state index in [1.54, 1.807) is 17.0 Å². The summed E-state index contributed by atoms with van der Waals surface area (Å²) >= 11 is 6.46. The molecule has 2 heterocycles. The first-order chi connectivity index (χ1) is 14.2. The Labute approximate surface area is 181 Å². The second-order valence-corrected chi connectivity index (χ2v) is 8.71. The van der Waals surface area contributed by atoms with Gasteiger partial charge in [0.15, 0.2) is 0 Å². The molecule has 162 valence electrons. The lowest BCUT2D eigenvalue weighted by atomic mass is 10.0. The average Bonchev–Trinajstić information content (AvgIpc) is 3.21. The fourth-order valence-electron chi connectivity index (χ4n) is 3.44. The Morgan fingerprint density at radius 3 is 2.33 bits per heavy atom. The Hall–Kier alpha value is -2.67. The second-order valence-electron chi connectivity index (χ2n) is 8.31. The number of alkyl carbamates (subject to hydrolysis) is 1. The molecule has 1 aliphatic heterocycles. The number of hydrogen-bond donors (Lipinski definition) is 1. The van der Waals surface area contributed by atoms with E-state index in [4.69, 9.17) is 21.1 Å². The number of likely N-dealkylation sites (tertiary alicyclic amines) is 1. The first-order valence-corrected chi connectivity index (χ1v) is 10.4. The van der Waals surface area contributed by atoms with Gasteiger partial charge in [0, 0.05) is 37.6 Å². The third-order valence-corrected chi connectivity index (χ3v) is 5.19. The van der Waals surface area contributed by atoms with Crippen LogP contribution < -0.4 is 10.1 Å². The highest BCUT2D eigenvalue weighted by Crippen LogP contribution is 2.31. The molecule has 1 fully saturated rings. The molecule has 0 bridgehead atoms. The summed E-state index contributed by atoms with van der Waals surface area (Å²) in [6, 6.07) is 7.20. The fraction of sp³-hybridized carbons (Fsp3) is 0.455. The maximum Gasteiger partial charge on any atom is 0.407 e. The van der Waals surface area contributed by atoms with E-state index >= 15 is 0 Å². The number of amides is 2. The summed E-state index contributed by atoms with van der Waals surface area (Å²) in [7, 11) is 1.54. The Morgan fingerprint density at radius 1 is 1.13 bits per heavy atom. The number of piperidine rings is 1. The van der Waals surface area contributed by atoms with E-state index < -0.39 is 11.7 Å². The number of carbonyl (C=O) groups excluding carboxylic acids is 2. The molecule has 2 aromatic rings. The zero-order valence-electron chi connectivity index (χ0n) is 17.8. The van der Waals surface area contributed by atoms with E-state index in [1.165, 1.54) is 7.11 Å². The maximum absolute atomic E-state index is 13.1. The highest BCUT2D eigenvalue weighted by molar-refractivity contribution is 6.33. The van der Waals surface area contributed by atoms with Crippen LogP contribution in [0.25, 0.3) is 5.69 Å². The van der Waals surface area contributed by atoms with Crippen LogP contribution in [0.1, 0.15) is 44.0 Å². The second kappa shape index (κ2) is 9.00. The van der Waals surface area contributed by atoms with E-state index in [1.807, 2.05) is 49.9 Å². The van der Waals surface area contributed by atoms with E-state index in [9.17, 15) is 9.59 Å². The van der Waals surface area contributed by atoms with Crippen molar-refractivity contribution in [2.75, 3.05) is 20.2 Å². The molecule has 0 aliphatic carbocycles. The van der Waals surface area contributed by atoms with Crippen LogP contribution in [-0.2, 0) is 4.74 Å². The monoisotopic (exact) mass is 433 g/mol. The molecule has 3 rings (SSSR count). The first kappa shape index (κ1) is 22.0. The number of halogens is 1. The molecule has 2 amide bonds. The van der Waals surface area contributed by atoms with Gasteiger partial charge in [0.2, 0.25) is 0 Å². The molecule has 0 saturated carbocycles. The third kappa shape index (κ3) is 5.27. The Bertz CT molecular complexity index is 898. The normalized spacial score (nSPS) is 15.0. The van der Waals surface area contributed by atoms with Crippen molar-refractivity contribution in [3.63, 3.8) is 0 Å². The summed E-state index contributed by atoms with van der Waals surface area (Å²) in [5, 5.41) is 3.35. The number of carbonyl (C=O) groups is 2. The van der Waals surface area contributed by atoms with Gasteiger partial charge < -0.3 is 24.3 Å². The van der Waals surface area contributed by atoms with E-state index in [0.717, 1.165) is 5.69 Å². The van der Waals surface area contributed by atoms with Crippen LogP contribution in [-0.4, -0.2) is 53.3 Å². The van der Waals surface area contributed by atoms with Gasteiger partial charge in [-0.25, -0.2) is 4.79 Å². The van der Waals surface area contributed by atoms with Crippen molar-refractivity contribution < 1.29 is 19.1 Å². The summed E-state index contributed by atoms with van der Waals surface area (Å²) in [6.07, 6.45) is 4.64. The third-order valence-electron chi connectivity index (χ3n) is 4.88. The largest absolute Gasteiger partial charge is 0.496 e. The first-order valence-electron chi connectivity index (χ1n) is 9.97. The highest BCUT2D eigenvalue weighted by atomic mass is 35.5. The minimum atomic E-state index is -0.538. The molecule has 1 saturated heterocycles. The molecule has 0 radical (unpaired) electrons. The van der Waals surface area contributed by atoms with Gasteiger partial charge in [0.25, 0.3) is 5.91 Å². The molecule has 0 atom stereocenters. The van der Waals surface area contributed by atoms with E-state index in [0.29, 0.717) is 42.3 Å². The smallest absolute Gasteiger partial charge is 0.407 e. The molecule has 7 nitrogen and oxygen atoms in total. The molecule has 1 N–H and O–H groups in total. The molecule has 1 aromatic carbocycles. The summed E-state index contributed by atoms with van der Waals surface area (Å²) in [5.41, 5.74) is 0.635. The van der Waals surface area contributed by atoms with Gasteiger partial charge in [-0.05, 0) is 51.8 Å². The maximum atomic E-state index is 13.1. The summed E-state index contributed by atoms with van der Waals surface area (Å²) < 4.78 is 12.7. The SMILES string of the molecule is COc1cc(-n2cccc2)c(Cl)cc1C(=O)N1CCC(NC(=O)OC(C)(C)C)CC1. The zero-order chi connectivity index (χ0) is 21.9. The number of ether oxygens (including phenoxy) is 2.